The molecule has 0 saturated carbocycles. The Balaban J connectivity index is 1.02. The van der Waals surface area contributed by atoms with Crippen LogP contribution in [-0.2, 0) is 0 Å². The van der Waals surface area contributed by atoms with Crippen molar-refractivity contribution in [3.8, 4) is 45.0 Å². The van der Waals surface area contributed by atoms with Gasteiger partial charge in [0.05, 0.1) is 45.6 Å². The van der Waals surface area contributed by atoms with Gasteiger partial charge in [-0.1, -0.05) is 0 Å². The number of aromatic nitrogens is 8. The Labute approximate surface area is 330 Å². The molecule has 0 amide bonds. The van der Waals surface area contributed by atoms with Gasteiger partial charge in [-0.25, -0.2) is 19.9 Å². The van der Waals surface area contributed by atoms with Crippen LogP contribution in [0, 0.1) is 0 Å². The Kier molecular flexibility index (Phi) is 6.29. The average molecular weight is 743 g/mol. The van der Waals surface area contributed by atoms with Gasteiger partial charge in [-0.15, -0.1) is 0 Å². The van der Waals surface area contributed by atoms with Gasteiger partial charge in [-0.3, -0.25) is 0 Å². The first-order valence-corrected chi connectivity index (χ1v) is 19.3. The highest BCUT2D eigenvalue weighted by Gasteiger charge is 2.21. The monoisotopic (exact) mass is 742 g/mol. The summed E-state index contributed by atoms with van der Waals surface area (Å²) in [5, 5.41) is 4.61. The molecule has 8 nitrogen and oxygen atoms in total. The van der Waals surface area contributed by atoms with Crippen molar-refractivity contribution < 1.29 is 0 Å². The lowest BCUT2D eigenvalue weighted by molar-refractivity contribution is 1.32. The quantitative estimate of drug-likeness (QED) is 0.116. The summed E-state index contributed by atoms with van der Waals surface area (Å²) in [6.07, 6.45) is 8.16. The van der Waals surface area contributed by atoms with Crippen molar-refractivity contribution >= 4 is 90.0 Å². The van der Waals surface area contributed by atoms with Crippen LogP contribution in [0.2, 0.25) is 0 Å². The first-order chi connectivity index (χ1) is 28.5. The second-order valence-corrected chi connectivity index (χ2v) is 15.3. The standard InChI is InChI=1S/C50H30N8/c1-2-32-20-36-6-10-40(54-36)24-48-44-16-28-14-30-18-46-45(17-29(30)13-27(28)15-43(44)47(57-48)23-39-9-5-35(53-39)19-31(1)51-32)49-25-41-11-7-37(55-41)21-33-3-4-34(52-33)22-38-8-12-42(56-38)26-50(46)58-49/h1-26,53-56H. The molecule has 0 fully saturated rings. The first-order valence-electron chi connectivity index (χ1n) is 19.3. The molecule has 16 bridgehead atoms. The van der Waals surface area contributed by atoms with Crippen LogP contribution in [0.15, 0.2) is 133 Å². The van der Waals surface area contributed by atoms with E-state index in [4.69, 9.17) is 19.9 Å². The Morgan fingerprint density at radius 2 is 0.483 bits per heavy atom. The number of H-pyrrole nitrogens is 4. The zero-order chi connectivity index (χ0) is 37.9. The number of nitrogens with one attached hydrogen (secondary N) is 4. The molecular formula is C50H30N8. The van der Waals surface area contributed by atoms with Crippen molar-refractivity contribution in [2.45, 2.75) is 0 Å². The summed E-state index contributed by atoms with van der Waals surface area (Å²) in [5.74, 6) is 0. The minimum atomic E-state index is 0.910. The third-order valence-corrected chi connectivity index (χ3v) is 11.3. The zero-order valence-corrected chi connectivity index (χ0v) is 30.8. The molecule has 13 rings (SSSR count). The lowest BCUT2D eigenvalue weighted by Crippen LogP contribution is -1.84. The van der Waals surface area contributed by atoms with Crippen LogP contribution in [0.25, 0.3) is 135 Å². The highest BCUT2D eigenvalue weighted by atomic mass is 14.8. The fourth-order valence-corrected chi connectivity index (χ4v) is 8.62. The number of nitrogens with zero attached hydrogens (tertiary/aromatic N) is 4. The third-order valence-electron chi connectivity index (χ3n) is 11.3. The molecule has 8 heteroatoms. The smallest absolute Gasteiger partial charge is 0.0737 e. The number of fused-ring (bicyclic) bond motifs is 24. The molecule has 6 aromatic heterocycles. The maximum atomic E-state index is 5.24. The molecule has 9 aromatic rings. The van der Waals surface area contributed by atoms with Crippen LogP contribution in [-0.4, -0.2) is 39.9 Å². The molecule has 270 valence electrons. The second kappa shape index (κ2) is 11.7. The molecular weight excluding hydrogens is 713 g/mol. The Hall–Kier alpha value is -8.10. The van der Waals surface area contributed by atoms with E-state index in [1.165, 1.54) is 0 Å². The summed E-state index contributed by atoms with van der Waals surface area (Å²) in [4.78, 5) is 34.3. The van der Waals surface area contributed by atoms with Crippen molar-refractivity contribution in [1.82, 2.24) is 39.9 Å². The summed E-state index contributed by atoms with van der Waals surface area (Å²) in [7, 11) is 0. The van der Waals surface area contributed by atoms with Gasteiger partial charge in [-0.05, 0) is 179 Å². The van der Waals surface area contributed by atoms with Crippen molar-refractivity contribution in [3.05, 3.63) is 156 Å². The molecule has 0 saturated heterocycles. The van der Waals surface area contributed by atoms with Gasteiger partial charge in [0.2, 0.25) is 0 Å². The molecule has 0 unspecified atom stereocenters. The molecule has 0 aliphatic carbocycles. The molecule has 0 atom stereocenters. The van der Waals surface area contributed by atoms with Gasteiger partial charge < -0.3 is 19.9 Å². The van der Waals surface area contributed by atoms with E-state index in [9.17, 15) is 0 Å². The van der Waals surface area contributed by atoms with E-state index < -0.39 is 0 Å². The van der Waals surface area contributed by atoms with Crippen LogP contribution in [0.3, 0.4) is 0 Å². The zero-order valence-electron chi connectivity index (χ0n) is 30.8. The van der Waals surface area contributed by atoms with Gasteiger partial charge in [0.1, 0.15) is 0 Å². The third kappa shape index (κ3) is 5.23. The van der Waals surface area contributed by atoms with E-state index in [-0.39, 0.29) is 0 Å². The summed E-state index contributed by atoms with van der Waals surface area (Å²) < 4.78 is 0. The Bertz CT molecular complexity index is 3230. The maximum Gasteiger partial charge on any atom is 0.0737 e. The van der Waals surface area contributed by atoms with Crippen LogP contribution in [0.1, 0.15) is 22.8 Å². The highest BCUT2D eigenvalue weighted by Crippen LogP contribution is 2.43. The van der Waals surface area contributed by atoms with Gasteiger partial charge in [0.25, 0.3) is 0 Å². The van der Waals surface area contributed by atoms with Crippen LogP contribution in [0.5, 0.6) is 0 Å². The van der Waals surface area contributed by atoms with E-state index in [1.807, 2.05) is 24.3 Å². The van der Waals surface area contributed by atoms with Gasteiger partial charge in [0.15, 0.2) is 0 Å². The van der Waals surface area contributed by atoms with Crippen molar-refractivity contribution in [2.75, 3.05) is 0 Å². The number of hydrogen-bond donors (Lipinski definition) is 4. The normalized spacial score (nSPS) is 12.7. The van der Waals surface area contributed by atoms with E-state index in [0.717, 1.165) is 133 Å². The molecule has 4 aliphatic heterocycles. The van der Waals surface area contributed by atoms with Gasteiger partial charge >= 0.3 is 0 Å². The fraction of sp³-hybridized carbons (Fsp3) is 0. The SMILES string of the molecule is C1=Cc2cc3ccc(cc4nc(cc5ccc(cc1n2)[nH]5)-c1cc2cc5cc6c(cc5cc2cc1-4)-c1cc2ccc(cc4nc(cc5ccc(cc-6n1)[nH]5)C=C4)[nH]2)[nH]3. The fourth-order valence-electron chi connectivity index (χ4n) is 8.62. The molecule has 10 heterocycles. The topological polar surface area (TPSA) is 115 Å². The predicted octanol–water partition coefficient (Wildman–Crippen LogP) is 12.3. The van der Waals surface area contributed by atoms with E-state index in [1.54, 1.807) is 0 Å². The highest BCUT2D eigenvalue weighted by molar-refractivity contribution is 6.07. The molecule has 3 aromatic carbocycles. The van der Waals surface area contributed by atoms with Crippen molar-refractivity contribution in [1.29, 1.82) is 0 Å². The average Bonchev–Trinajstić information content (AvgIpc) is 4.07. The first kappa shape index (κ1) is 31.1. The number of rotatable bonds is 0. The van der Waals surface area contributed by atoms with E-state index >= 15 is 0 Å². The summed E-state index contributed by atoms with van der Waals surface area (Å²) >= 11 is 0. The lowest BCUT2D eigenvalue weighted by Gasteiger charge is -2.09. The minimum Gasteiger partial charge on any atom is -0.355 e. The molecule has 4 N–H and O–H groups in total. The Morgan fingerprint density at radius 1 is 0.241 bits per heavy atom. The lowest BCUT2D eigenvalue weighted by atomic mass is 9.93. The van der Waals surface area contributed by atoms with E-state index in [2.05, 4.69) is 153 Å². The van der Waals surface area contributed by atoms with Crippen molar-refractivity contribution in [3.63, 3.8) is 0 Å². The van der Waals surface area contributed by atoms with Crippen LogP contribution < -0.4 is 0 Å². The van der Waals surface area contributed by atoms with Crippen molar-refractivity contribution in [2.24, 2.45) is 0 Å². The van der Waals surface area contributed by atoms with E-state index in [0.29, 0.717) is 0 Å². The predicted molar refractivity (Wildman–Crippen MR) is 237 cm³/mol. The van der Waals surface area contributed by atoms with Gasteiger partial charge in [0, 0.05) is 66.4 Å². The summed E-state index contributed by atoms with van der Waals surface area (Å²) in [5.41, 5.74) is 19.6. The Morgan fingerprint density at radius 3 is 0.741 bits per heavy atom. The number of hydrogen-bond acceptors (Lipinski definition) is 4. The van der Waals surface area contributed by atoms with Crippen LogP contribution >= 0.6 is 0 Å². The molecule has 0 radical (unpaired) electrons. The summed E-state index contributed by atoms with van der Waals surface area (Å²) in [6.45, 7) is 0. The van der Waals surface area contributed by atoms with Crippen LogP contribution in [0.4, 0.5) is 0 Å². The number of aromatic amines is 4. The molecule has 0 spiro atoms. The largest absolute Gasteiger partial charge is 0.355 e. The number of benzene rings is 3. The summed E-state index contributed by atoms with van der Waals surface area (Å²) in [6, 6.07) is 47.3. The maximum absolute atomic E-state index is 5.24. The second-order valence-electron chi connectivity index (χ2n) is 15.3. The molecule has 58 heavy (non-hydrogen) atoms. The van der Waals surface area contributed by atoms with Gasteiger partial charge in [-0.2, -0.15) is 0 Å². The minimum absolute atomic E-state index is 0.910. The molecule has 4 aliphatic rings.